The molecule has 2 N–H and O–H groups in total. The predicted octanol–water partition coefficient (Wildman–Crippen LogP) is 2.81. The Labute approximate surface area is 116 Å². The average molecular weight is 265 g/mol. The summed E-state index contributed by atoms with van der Waals surface area (Å²) in [6.07, 6.45) is 5.45. The number of allylic oxidation sites excluding steroid dienone is 1. The van der Waals surface area contributed by atoms with Gasteiger partial charge in [0.2, 0.25) is 0 Å². The molecule has 0 aromatic heterocycles. The zero-order chi connectivity index (χ0) is 14.2. The van der Waals surface area contributed by atoms with E-state index in [-0.39, 0.29) is 29.8 Å². The van der Waals surface area contributed by atoms with Gasteiger partial charge in [-0.05, 0) is 40.0 Å². The molecule has 1 aliphatic heterocycles. The Bertz CT molecular complexity index is 386. The first-order valence-corrected chi connectivity index (χ1v) is 7.17. The van der Waals surface area contributed by atoms with Crippen molar-refractivity contribution in [1.82, 2.24) is 0 Å². The number of ether oxygens (including phenoxy) is 2. The summed E-state index contributed by atoms with van der Waals surface area (Å²) >= 11 is 0. The van der Waals surface area contributed by atoms with Gasteiger partial charge in [0.1, 0.15) is 5.60 Å². The molecule has 19 heavy (non-hydrogen) atoms. The number of epoxide rings is 1. The van der Waals surface area contributed by atoms with Crippen LogP contribution in [-0.2, 0) is 9.47 Å². The maximum atomic E-state index is 6.20. The van der Waals surface area contributed by atoms with Crippen molar-refractivity contribution in [2.24, 2.45) is 11.7 Å². The predicted molar refractivity (Wildman–Crippen MR) is 78.0 cm³/mol. The van der Waals surface area contributed by atoms with E-state index in [1.807, 2.05) is 0 Å². The molecule has 0 unspecified atom stereocenters. The lowest BCUT2D eigenvalue weighted by Gasteiger charge is -2.39. The van der Waals surface area contributed by atoms with Crippen LogP contribution >= 0.6 is 0 Å². The van der Waals surface area contributed by atoms with Crippen LogP contribution in [0.5, 0.6) is 0 Å². The Balaban J connectivity index is 2.11. The second-order valence-corrected chi connectivity index (χ2v) is 6.35. The van der Waals surface area contributed by atoms with Gasteiger partial charge < -0.3 is 15.2 Å². The van der Waals surface area contributed by atoms with Crippen molar-refractivity contribution < 1.29 is 9.47 Å². The second-order valence-electron chi connectivity index (χ2n) is 6.35. The highest BCUT2D eigenvalue weighted by Crippen LogP contribution is 2.52. The molecular weight excluding hydrogens is 238 g/mol. The van der Waals surface area contributed by atoms with Gasteiger partial charge >= 0.3 is 0 Å². The Morgan fingerprint density at radius 3 is 2.84 bits per heavy atom. The number of hydrogen-bond acceptors (Lipinski definition) is 3. The van der Waals surface area contributed by atoms with Crippen LogP contribution in [0.25, 0.3) is 0 Å². The van der Waals surface area contributed by atoms with Gasteiger partial charge in [-0.1, -0.05) is 23.8 Å². The summed E-state index contributed by atoms with van der Waals surface area (Å²) in [5.74, 6) is 0.219. The third kappa shape index (κ3) is 2.78. The minimum atomic E-state index is -0.151. The Morgan fingerprint density at radius 1 is 1.58 bits per heavy atom. The normalized spacial score (nSPS) is 42.1. The quantitative estimate of drug-likeness (QED) is 0.628. The summed E-state index contributed by atoms with van der Waals surface area (Å²) in [4.78, 5) is 0. The van der Waals surface area contributed by atoms with Crippen LogP contribution in [0.4, 0.5) is 0 Å². The highest BCUT2D eigenvalue weighted by Gasteiger charge is 2.61. The molecule has 0 bridgehead atoms. The molecular formula is C16H27NO2. The van der Waals surface area contributed by atoms with Crippen molar-refractivity contribution in [3.05, 3.63) is 23.8 Å². The lowest BCUT2D eigenvalue weighted by Crippen LogP contribution is -2.50. The highest BCUT2D eigenvalue weighted by molar-refractivity contribution is 5.23. The van der Waals surface area contributed by atoms with Gasteiger partial charge in [-0.2, -0.15) is 0 Å². The van der Waals surface area contributed by atoms with Gasteiger partial charge in [0.15, 0.2) is 0 Å². The van der Waals surface area contributed by atoms with Gasteiger partial charge in [-0.25, -0.2) is 0 Å². The summed E-state index contributed by atoms with van der Waals surface area (Å²) in [6.45, 7) is 10.6. The maximum Gasteiger partial charge on any atom is 0.101 e. The van der Waals surface area contributed by atoms with Crippen molar-refractivity contribution in [3.8, 4) is 0 Å². The van der Waals surface area contributed by atoms with Crippen LogP contribution in [0.2, 0.25) is 0 Å². The van der Waals surface area contributed by atoms with Crippen LogP contribution in [0.15, 0.2) is 23.8 Å². The van der Waals surface area contributed by atoms with Crippen molar-refractivity contribution in [2.45, 2.75) is 63.9 Å². The maximum absolute atomic E-state index is 6.20. The smallest absolute Gasteiger partial charge is 0.101 e. The van der Waals surface area contributed by atoms with Crippen LogP contribution in [0, 0.1) is 5.92 Å². The van der Waals surface area contributed by atoms with Gasteiger partial charge in [-0.3, -0.25) is 0 Å². The third-order valence-electron chi connectivity index (χ3n) is 4.60. The minimum absolute atomic E-state index is 0.0305. The molecule has 3 heteroatoms. The first-order chi connectivity index (χ1) is 8.90. The fraction of sp³-hybridized carbons (Fsp3) is 0.750. The van der Waals surface area contributed by atoms with E-state index in [0.29, 0.717) is 0 Å². The molecule has 2 rings (SSSR count). The van der Waals surface area contributed by atoms with E-state index in [0.717, 1.165) is 19.3 Å². The number of hydrogen-bond donors (Lipinski definition) is 1. The van der Waals surface area contributed by atoms with Gasteiger partial charge in [-0.15, -0.1) is 0 Å². The van der Waals surface area contributed by atoms with E-state index in [9.17, 15) is 0 Å². The van der Waals surface area contributed by atoms with Crippen LogP contribution in [-0.4, -0.2) is 31.0 Å². The summed E-state index contributed by atoms with van der Waals surface area (Å²) in [7, 11) is 1.74. The van der Waals surface area contributed by atoms with E-state index in [4.69, 9.17) is 15.2 Å². The standard InChI is InChI=1S/C16H27NO2/c1-10(2)6-9-13-16(4,19-13)14-11(3)7-8-12(17)15(14)18-5/h6,12-15H,3,7-9,17H2,1-2,4-5H3/t12-,13-,14-,15-,16+/m1/s1. The van der Waals surface area contributed by atoms with E-state index in [2.05, 4.69) is 33.4 Å². The molecule has 108 valence electrons. The summed E-state index contributed by atoms with van der Waals surface area (Å²) in [5.41, 5.74) is 8.62. The molecule has 5 atom stereocenters. The zero-order valence-corrected chi connectivity index (χ0v) is 12.6. The molecule has 1 heterocycles. The summed E-state index contributed by atoms with van der Waals surface area (Å²) < 4.78 is 11.6. The first kappa shape index (κ1) is 14.8. The molecule has 1 aliphatic carbocycles. The molecule has 0 spiro atoms. The second kappa shape index (κ2) is 5.39. The number of nitrogens with two attached hydrogens (primary N) is 1. The van der Waals surface area contributed by atoms with Crippen molar-refractivity contribution in [3.63, 3.8) is 0 Å². The number of rotatable bonds is 4. The molecule has 3 nitrogen and oxygen atoms in total. The van der Waals surface area contributed by atoms with Crippen molar-refractivity contribution in [2.75, 3.05) is 7.11 Å². The largest absolute Gasteiger partial charge is 0.379 e. The summed E-state index contributed by atoms with van der Waals surface area (Å²) in [6, 6.07) is 0.0885. The number of methoxy groups -OCH3 is 1. The Morgan fingerprint density at radius 2 is 2.26 bits per heavy atom. The van der Waals surface area contributed by atoms with Crippen LogP contribution < -0.4 is 5.73 Å². The van der Waals surface area contributed by atoms with Crippen molar-refractivity contribution >= 4 is 0 Å². The average Bonchev–Trinajstić information content (AvgIpc) is 3.01. The van der Waals surface area contributed by atoms with Gasteiger partial charge in [0, 0.05) is 19.1 Å². The molecule has 0 radical (unpaired) electrons. The van der Waals surface area contributed by atoms with Crippen LogP contribution in [0.1, 0.15) is 40.0 Å². The topological polar surface area (TPSA) is 47.8 Å². The molecule has 0 aromatic carbocycles. The molecule has 1 saturated heterocycles. The molecule has 1 saturated carbocycles. The lowest BCUT2D eigenvalue weighted by molar-refractivity contribution is 0.00278. The van der Waals surface area contributed by atoms with E-state index in [1.54, 1.807) is 7.11 Å². The van der Waals surface area contributed by atoms with Gasteiger partial charge in [0.25, 0.3) is 0 Å². The molecule has 2 aliphatic rings. The molecule has 0 aromatic rings. The Hall–Kier alpha value is -0.640. The van der Waals surface area contributed by atoms with E-state index in [1.165, 1.54) is 11.1 Å². The lowest BCUT2D eigenvalue weighted by atomic mass is 9.72. The summed E-state index contributed by atoms with van der Waals surface area (Å²) in [5, 5.41) is 0. The highest BCUT2D eigenvalue weighted by atomic mass is 16.6. The Kier molecular flexibility index (Phi) is 4.19. The SMILES string of the molecule is C=C1CC[C@@H](N)[C@@H](OC)[C@@H]1[C@@]1(C)O[C@@H]1CC=C(C)C. The van der Waals surface area contributed by atoms with Crippen LogP contribution in [0.3, 0.4) is 0 Å². The molecule has 0 amide bonds. The third-order valence-corrected chi connectivity index (χ3v) is 4.60. The monoisotopic (exact) mass is 265 g/mol. The van der Waals surface area contributed by atoms with Crippen molar-refractivity contribution in [1.29, 1.82) is 0 Å². The minimum Gasteiger partial charge on any atom is -0.379 e. The van der Waals surface area contributed by atoms with E-state index < -0.39 is 0 Å². The fourth-order valence-corrected chi connectivity index (χ4v) is 3.36. The molecule has 2 fully saturated rings. The van der Waals surface area contributed by atoms with E-state index >= 15 is 0 Å². The fourth-order valence-electron chi connectivity index (χ4n) is 3.36. The first-order valence-electron chi connectivity index (χ1n) is 7.17. The zero-order valence-electron chi connectivity index (χ0n) is 12.6. The van der Waals surface area contributed by atoms with Gasteiger partial charge in [0.05, 0.1) is 12.2 Å².